The van der Waals surface area contributed by atoms with Gasteiger partial charge in [0, 0.05) is 34.2 Å². The third kappa shape index (κ3) is 12.5. The minimum atomic E-state index is -1.13. The van der Waals surface area contributed by atoms with Crippen LogP contribution in [0.25, 0.3) is 0 Å². The number of likely N-dealkylation sites (tertiary alicyclic amines) is 1. The van der Waals surface area contributed by atoms with Crippen molar-refractivity contribution in [2.45, 2.75) is 129 Å². The molecule has 1 fully saturated rings. The minimum Gasteiger partial charge on any atom is -0.480 e. The van der Waals surface area contributed by atoms with Crippen LogP contribution in [0.15, 0.2) is 30.3 Å². The average Bonchev–Trinajstić information content (AvgIpc) is 3.59. The van der Waals surface area contributed by atoms with Gasteiger partial charge in [-0.15, -0.1) is 0 Å². The average molecular weight is 748 g/mol. The van der Waals surface area contributed by atoms with Crippen molar-refractivity contribution in [2.75, 3.05) is 41.9 Å². The Kier molecular flexibility index (Phi) is 18.9. The molecule has 53 heavy (non-hydrogen) atoms. The summed E-state index contributed by atoms with van der Waals surface area (Å²) in [7, 11) is 8.61. The van der Waals surface area contributed by atoms with E-state index < -0.39 is 60.4 Å². The van der Waals surface area contributed by atoms with Crippen molar-refractivity contribution in [3.05, 3.63) is 35.9 Å². The van der Waals surface area contributed by atoms with Crippen molar-refractivity contribution in [3.8, 4) is 0 Å². The zero-order valence-electron chi connectivity index (χ0n) is 34.2. The second-order valence-corrected chi connectivity index (χ2v) is 15.7. The SMILES string of the molecule is CC[C@H](C)[C@@H]([C@@H](CC(=O)N1CCC[C@H]1[C@H](OC)[C@@H](C)C(=O)N[C@@H](Cc1ccccc1)C(=O)O)OC)N(C)C(=O)[C@@H](NC(O)[C@H](C(C)C)N(C)C)C(C)C. The van der Waals surface area contributed by atoms with Crippen LogP contribution in [0.3, 0.4) is 0 Å². The number of nitrogens with zero attached hydrogens (tertiary/aromatic N) is 3. The van der Waals surface area contributed by atoms with Gasteiger partial charge in [-0.2, -0.15) is 0 Å². The highest BCUT2D eigenvalue weighted by atomic mass is 16.5. The first-order chi connectivity index (χ1) is 24.9. The zero-order valence-corrected chi connectivity index (χ0v) is 34.2. The summed E-state index contributed by atoms with van der Waals surface area (Å²) in [6.45, 7) is 14.2. The Bertz CT molecular complexity index is 1290. The van der Waals surface area contributed by atoms with E-state index in [0.717, 1.165) is 18.4 Å². The smallest absolute Gasteiger partial charge is 0.326 e. The molecule has 1 aliphatic rings. The molecule has 0 aliphatic carbocycles. The maximum atomic E-state index is 14.2. The molecule has 0 bridgehead atoms. The van der Waals surface area contributed by atoms with E-state index in [2.05, 4.69) is 10.6 Å². The van der Waals surface area contributed by atoms with Gasteiger partial charge in [0.05, 0.1) is 48.7 Å². The summed E-state index contributed by atoms with van der Waals surface area (Å²) in [5, 5.41) is 27.0. The highest BCUT2D eigenvalue weighted by Crippen LogP contribution is 2.30. The summed E-state index contributed by atoms with van der Waals surface area (Å²) >= 11 is 0. The lowest BCUT2D eigenvalue weighted by molar-refractivity contribution is -0.148. The number of rotatable bonds is 22. The van der Waals surface area contributed by atoms with Crippen LogP contribution in [0, 0.1) is 23.7 Å². The van der Waals surface area contributed by atoms with Gasteiger partial charge < -0.3 is 39.7 Å². The number of carbonyl (C=O) groups is 4. The van der Waals surface area contributed by atoms with E-state index in [1.165, 1.54) is 7.11 Å². The van der Waals surface area contributed by atoms with Crippen molar-refractivity contribution in [1.82, 2.24) is 25.3 Å². The van der Waals surface area contributed by atoms with Gasteiger partial charge >= 0.3 is 5.97 Å². The van der Waals surface area contributed by atoms with Gasteiger partial charge in [-0.25, -0.2) is 4.79 Å². The van der Waals surface area contributed by atoms with Crippen LogP contribution in [0.2, 0.25) is 0 Å². The number of carboxylic acid groups (broad SMARTS) is 1. The molecule has 13 heteroatoms. The fourth-order valence-corrected chi connectivity index (χ4v) is 7.95. The van der Waals surface area contributed by atoms with E-state index in [-0.39, 0.29) is 48.5 Å². The first kappa shape index (κ1) is 46.1. The molecule has 302 valence electrons. The number of ether oxygens (including phenoxy) is 2. The Labute approximate surface area is 318 Å². The first-order valence-electron chi connectivity index (χ1n) is 19.2. The summed E-state index contributed by atoms with van der Waals surface area (Å²) in [6.07, 6.45) is -0.0372. The lowest BCUT2D eigenvalue weighted by atomic mass is 9.89. The number of nitrogens with one attached hydrogen (secondary N) is 2. The van der Waals surface area contributed by atoms with Gasteiger partial charge in [0.1, 0.15) is 12.3 Å². The predicted molar refractivity (Wildman–Crippen MR) is 206 cm³/mol. The number of hydrogen-bond donors (Lipinski definition) is 4. The molecule has 10 atom stereocenters. The number of carboxylic acids is 1. The molecule has 13 nitrogen and oxygen atoms in total. The minimum absolute atomic E-state index is 0.00720. The lowest BCUT2D eigenvalue weighted by Crippen LogP contribution is -2.61. The van der Waals surface area contributed by atoms with E-state index in [1.807, 2.05) is 90.9 Å². The number of aliphatic hydroxyl groups is 1. The number of hydrogen-bond acceptors (Lipinski definition) is 9. The Balaban J connectivity index is 2.27. The molecule has 0 saturated carbocycles. The molecule has 3 amide bonds. The van der Waals surface area contributed by atoms with Crippen molar-refractivity contribution in [3.63, 3.8) is 0 Å². The molecule has 0 spiro atoms. The summed E-state index contributed by atoms with van der Waals surface area (Å²) < 4.78 is 11.9. The monoisotopic (exact) mass is 748 g/mol. The van der Waals surface area contributed by atoms with Crippen LogP contribution in [-0.4, -0.2) is 139 Å². The molecule has 1 unspecified atom stereocenters. The van der Waals surface area contributed by atoms with Crippen molar-refractivity contribution in [1.29, 1.82) is 0 Å². The van der Waals surface area contributed by atoms with Crippen LogP contribution >= 0.6 is 0 Å². The number of likely N-dealkylation sites (N-methyl/N-ethyl adjacent to an activating group) is 2. The molecule has 4 N–H and O–H groups in total. The van der Waals surface area contributed by atoms with Gasteiger partial charge in [-0.1, -0.05) is 85.2 Å². The number of benzene rings is 1. The van der Waals surface area contributed by atoms with E-state index in [4.69, 9.17) is 9.47 Å². The Hall–Kier alpha value is -3.10. The van der Waals surface area contributed by atoms with Gasteiger partial charge in [-0.3, -0.25) is 19.7 Å². The van der Waals surface area contributed by atoms with Crippen molar-refractivity contribution >= 4 is 23.7 Å². The largest absolute Gasteiger partial charge is 0.480 e. The maximum Gasteiger partial charge on any atom is 0.326 e. The van der Waals surface area contributed by atoms with Crippen LogP contribution < -0.4 is 10.6 Å². The van der Waals surface area contributed by atoms with Crippen molar-refractivity contribution < 1.29 is 38.9 Å². The van der Waals surface area contributed by atoms with Crippen molar-refractivity contribution in [2.24, 2.45) is 23.7 Å². The summed E-state index contributed by atoms with van der Waals surface area (Å²) in [5.41, 5.74) is 0.789. The van der Waals surface area contributed by atoms with E-state index in [0.29, 0.717) is 13.0 Å². The van der Waals surface area contributed by atoms with Crippen LogP contribution in [0.5, 0.6) is 0 Å². The molecule has 0 radical (unpaired) electrons. The maximum absolute atomic E-state index is 14.2. The number of aliphatic carboxylic acids is 1. The topological polar surface area (TPSA) is 161 Å². The normalized spacial score (nSPS) is 20.0. The molecule has 0 aromatic heterocycles. The number of aliphatic hydroxyl groups excluding tert-OH is 1. The quantitative estimate of drug-likeness (QED) is 0.130. The lowest BCUT2D eigenvalue weighted by Gasteiger charge is -2.42. The molecule has 1 aromatic rings. The zero-order chi connectivity index (χ0) is 40.2. The third-order valence-electron chi connectivity index (χ3n) is 11.0. The molecule has 2 rings (SSSR count). The first-order valence-corrected chi connectivity index (χ1v) is 19.2. The fourth-order valence-electron chi connectivity index (χ4n) is 7.95. The Morgan fingerprint density at radius 1 is 0.943 bits per heavy atom. The molecular formula is C40H69N5O8. The van der Waals surface area contributed by atoms with Crippen LogP contribution in [0.1, 0.15) is 79.7 Å². The number of methoxy groups -OCH3 is 2. The number of carbonyl (C=O) groups excluding carboxylic acids is 3. The second kappa shape index (κ2) is 21.7. The van der Waals surface area contributed by atoms with E-state index in [9.17, 15) is 29.4 Å². The standard InChI is InChI=1S/C40H69N5O8/c1-13-26(6)35(44(10)39(49)33(24(2)3)42-38(48)34(25(4)5)43(8)9)31(52-11)23-32(46)45-21-17-20-30(45)36(53-12)27(7)37(47)41-29(40(50)51)22-28-18-15-14-16-19-28/h14-16,18-19,24-27,29-31,33-36,38,42,48H,13,17,20-23H2,1-12H3,(H,41,47)(H,50,51)/t26-,27+,29-,30-,31+,33-,34-,35-,36+,38?/m0/s1. The predicted octanol–water partition coefficient (Wildman–Crippen LogP) is 3.24. The van der Waals surface area contributed by atoms with Gasteiger partial charge in [0.2, 0.25) is 17.7 Å². The van der Waals surface area contributed by atoms with E-state index in [1.54, 1.807) is 30.9 Å². The summed E-state index contributed by atoms with van der Waals surface area (Å²) in [4.78, 5) is 59.4. The Morgan fingerprint density at radius 3 is 2.06 bits per heavy atom. The fraction of sp³-hybridized carbons (Fsp3) is 0.750. The number of amides is 3. The molecule has 1 saturated heterocycles. The van der Waals surface area contributed by atoms with Gasteiger partial charge in [0.15, 0.2) is 0 Å². The van der Waals surface area contributed by atoms with Crippen LogP contribution in [0.4, 0.5) is 0 Å². The highest BCUT2D eigenvalue weighted by Gasteiger charge is 2.43. The molecule has 1 aromatic carbocycles. The molecule has 1 aliphatic heterocycles. The van der Waals surface area contributed by atoms with Crippen LogP contribution in [-0.2, 0) is 35.1 Å². The summed E-state index contributed by atoms with van der Waals surface area (Å²) in [5.74, 6) is -2.72. The molecular weight excluding hydrogens is 678 g/mol. The third-order valence-corrected chi connectivity index (χ3v) is 11.0. The second-order valence-electron chi connectivity index (χ2n) is 15.7. The van der Waals surface area contributed by atoms with Gasteiger partial charge in [0.25, 0.3) is 0 Å². The van der Waals surface area contributed by atoms with E-state index >= 15 is 0 Å². The molecule has 1 heterocycles. The van der Waals surface area contributed by atoms with Gasteiger partial charge in [-0.05, 0) is 50.3 Å². The highest BCUT2D eigenvalue weighted by molar-refractivity contribution is 5.86. The Morgan fingerprint density at radius 2 is 1.57 bits per heavy atom. The summed E-state index contributed by atoms with van der Waals surface area (Å²) in [6, 6.07) is 6.25.